The predicted octanol–water partition coefficient (Wildman–Crippen LogP) is 0.166. The zero-order chi connectivity index (χ0) is 15.2. The van der Waals surface area contributed by atoms with Crippen LogP contribution in [0.2, 0.25) is 0 Å². The quantitative estimate of drug-likeness (QED) is 0.745. The van der Waals surface area contributed by atoms with Crippen molar-refractivity contribution >= 4 is 0 Å². The molecule has 2 saturated heterocycles. The first-order valence-corrected chi connectivity index (χ1v) is 7.04. The first-order chi connectivity index (χ1) is 9.95. The van der Waals surface area contributed by atoms with E-state index in [1.807, 2.05) is 13.8 Å². The van der Waals surface area contributed by atoms with Crippen LogP contribution in [0.4, 0.5) is 0 Å². The molecule has 0 aromatic carbocycles. The Hall–Kier alpha value is -0.540. The van der Waals surface area contributed by atoms with Crippen molar-refractivity contribution < 1.29 is 33.5 Å². The molecule has 0 amide bonds. The molecule has 0 spiro atoms. The van der Waals surface area contributed by atoms with E-state index in [0.29, 0.717) is 0 Å². The molecule has 0 bridgehead atoms. The molecule has 3 rings (SSSR count). The number of ether oxygens (including phenoxy) is 6. The van der Waals surface area contributed by atoms with Crippen molar-refractivity contribution in [3.63, 3.8) is 0 Å². The maximum atomic E-state index is 10.1. The lowest BCUT2D eigenvalue weighted by Crippen LogP contribution is -2.50. The summed E-state index contributed by atoms with van der Waals surface area (Å²) in [5, 5.41) is 10.1. The lowest BCUT2D eigenvalue weighted by atomic mass is 9.99. The van der Waals surface area contributed by atoms with E-state index in [4.69, 9.17) is 28.4 Å². The fourth-order valence-electron chi connectivity index (χ4n) is 3.04. The number of methoxy groups -OCH3 is 2. The van der Waals surface area contributed by atoms with Gasteiger partial charge in [-0.15, -0.1) is 0 Å². The van der Waals surface area contributed by atoms with Crippen LogP contribution in [-0.2, 0) is 28.4 Å². The third kappa shape index (κ3) is 2.75. The second-order valence-electron chi connectivity index (χ2n) is 5.85. The molecule has 3 heterocycles. The molecule has 7 nitrogen and oxygen atoms in total. The summed E-state index contributed by atoms with van der Waals surface area (Å²) >= 11 is 0. The molecule has 7 atom stereocenters. The summed E-state index contributed by atoms with van der Waals surface area (Å²) in [4.78, 5) is 0. The molecule has 0 aromatic heterocycles. The lowest BCUT2D eigenvalue weighted by Gasteiger charge is -2.35. The molecule has 0 aliphatic carbocycles. The maximum absolute atomic E-state index is 10.1. The smallest absolute Gasteiger partial charge is 0.190 e. The monoisotopic (exact) mass is 302 g/mol. The number of aliphatic hydroxyl groups excluding tert-OH is 1. The van der Waals surface area contributed by atoms with E-state index in [2.05, 4.69) is 0 Å². The number of rotatable bonds is 3. The predicted molar refractivity (Wildman–Crippen MR) is 70.3 cm³/mol. The third-order valence-corrected chi connectivity index (χ3v) is 3.95. The van der Waals surface area contributed by atoms with Crippen LogP contribution in [0.5, 0.6) is 0 Å². The Balaban J connectivity index is 1.76. The van der Waals surface area contributed by atoms with Crippen molar-refractivity contribution in [1.82, 2.24) is 0 Å². The maximum Gasteiger partial charge on any atom is 0.190 e. The lowest BCUT2D eigenvalue weighted by molar-refractivity contribution is -0.253. The topological polar surface area (TPSA) is 75.6 Å². The molecule has 0 saturated carbocycles. The van der Waals surface area contributed by atoms with Crippen molar-refractivity contribution in [3.8, 4) is 0 Å². The zero-order valence-electron chi connectivity index (χ0n) is 12.6. The van der Waals surface area contributed by atoms with Crippen molar-refractivity contribution in [2.45, 2.75) is 62.7 Å². The normalized spacial score (nSPS) is 48.5. The van der Waals surface area contributed by atoms with Gasteiger partial charge in [0.15, 0.2) is 18.4 Å². The Bertz CT molecular complexity index is 410. The summed E-state index contributed by atoms with van der Waals surface area (Å²) in [6.45, 7) is 3.65. The van der Waals surface area contributed by atoms with E-state index in [1.165, 1.54) is 7.11 Å². The molecular formula is C14H22O7. The Kier molecular flexibility index (Phi) is 4.08. The fraction of sp³-hybridized carbons (Fsp3) is 0.857. The van der Waals surface area contributed by atoms with Crippen LogP contribution in [0.3, 0.4) is 0 Å². The summed E-state index contributed by atoms with van der Waals surface area (Å²) in [5.74, 6) is -0.710. The van der Waals surface area contributed by atoms with Crippen molar-refractivity contribution in [2.24, 2.45) is 0 Å². The number of aliphatic hydroxyl groups is 1. The zero-order valence-corrected chi connectivity index (χ0v) is 12.6. The van der Waals surface area contributed by atoms with Gasteiger partial charge in [-0.25, -0.2) is 0 Å². The van der Waals surface area contributed by atoms with Gasteiger partial charge >= 0.3 is 0 Å². The van der Waals surface area contributed by atoms with Crippen LogP contribution in [0.1, 0.15) is 13.8 Å². The van der Waals surface area contributed by atoms with Gasteiger partial charge in [-0.05, 0) is 19.9 Å². The van der Waals surface area contributed by atoms with Gasteiger partial charge in [-0.1, -0.05) is 6.08 Å². The van der Waals surface area contributed by atoms with E-state index in [0.717, 1.165) is 0 Å². The van der Waals surface area contributed by atoms with Crippen LogP contribution >= 0.6 is 0 Å². The second kappa shape index (κ2) is 5.58. The largest absolute Gasteiger partial charge is 0.386 e. The molecule has 7 heteroatoms. The molecule has 0 aromatic rings. The van der Waals surface area contributed by atoms with Crippen molar-refractivity contribution in [3.05, 3.63) is 12.2 Å². The van der Waals surface area contributed by atoms with Crippen LogP contribution in [-0.4, -0.2) is 68.2 Å². The van der Waals surface area contributed by atoms with Gasteiger partial charge in [0.25, 0.3) is 0 Å². The molecular weight excluding hydrogens is 280 g/mol. The Labute approximate surface area is 123 Å². The molecule has 2 fully saturated rings. The summed E-state index contributed by atoms with van der Waals surface area (Å²) < 4.78 is 33.8. The van der Waals surface area contributed by atoms with Gasteiger partial charge in [-0.2, -0.15) is 0 Å². The highest BCUT2D eigenvalue weighted by Crippen LogP contribution is 2.40. The Morgan fingerprint density at radius 3 is 2.38 bits per heavy atom. The van der Waals surface area contributed by atoms with E-state index in [-0.39, 0.29) is 12.2 Å². The summed E-state index contributed by atoms with van der Waals surface area (Å²) in [5.41, 5.74) is 0. The van der Waals surface area contributed by atoms with Crippen molar-refractivity contribution in [2.75, 3.05) is 14.2 Å². The molecule has 1 N–H and O–H groups in total. The molecule has 21 heavy (non-hydrogen) atoms. The van der Waals surface area contributed by atoms with Gasteiger partial charge in [0, 0.05) is 14.2 Å². The highest BCUT2D eigenvalue weighted by atomic mass is 16.8. The van der Waals surface area contributed by atoms with Crippen LogP contribution in [0.25, 0.3) is 0 Å². The standard InChI is InChI=1S/C14H22O7/c1-14(2)20-12-10(17-4)11(19-13(12)21-14)9-7(15)5-6-8(16-3)18-9/h5-13,15H,1-4H3/t7-,8+,9-,10+,11-,12-,13-/m1/s1. The van der Waals surface area contributed by atoms with E-state index >= 15 is 0 Å². The summed E-state index contributed by atoms with van der Waals surface area (Å²) in [6.07, 6.45) is -0.392. The first-order valence-electron chi connectivity index (χ1n) is 7.04. The minimum atomic E-state index is -0.800. The van der Waals surface area contributed by atoms with Crippen molar-refractivity contribution in [1.29, 1.82) is 0 Å². The molecule has 3 aliphatic rings. The Morgan fingerprint density at radius 1 is 0.952 bits per heavy atom. The molecule has 0 radical (unpaired) electrons. The second-order valence-corrected chi connectivity index (χ2v) is 5.85. The number of fused-ring (bicyclic) bond motifs is 1. The summed E-state index contributed by atoms with van der Waals surface area (Å²) in [6, 6.07) is 0. The van der Waals surface area contributed by atoms with E-state index in [1.54, 1.807) is 19.3 Å². The fourth-order valence-corrected chi connectivity index (χ4v) is 3.04. The van der Waals surface area contributed by atoms with Gasteiger partial charge in [-0.3, -0.25) is 0 Å². The van der Waals surface area contributed by atoms with Crippen LogP contribution < -0.4 is 0 Å². The van der Waals surface area contributed by atoms with E-state index in [9.17, 15) is 5.11 Å². The van der Waals surface area contributed by atoms with Gasteiger partial charge in [0.2, 0.25) is 0 Å². The first kappa shape index (κ1) is 15.4. The van der Waals surface area contributed by atoms with Gasteiger partial charge in [0.05, 0.1) is 0 Å². The summed E-state index contributed by atoms with van der Waals surface area (Å²) in [7, 11) is 3.12. The number of hydrogen-bond acceptors (Lipinski definition) is 7. The number of hydrogen-bond donors (Lipinski definition) is 1. The average Bonchev–Trinajstić information content (AvgIpc) is 2.90. The van der Waals surface area contributed by atoms with Crippen LogP contribution in [0.15, 0.2) is 12.2 Å². The molecule has 120 valence electrons. The Morgan fingerprint density at radius 2 is 1.71 bits per heavy atom. The highest BCUT2D eigenvalue weighted by Gasteiger charge is 2.58. The van der Waals surface area contributed by atoms with Crippen LogP contribution in [0, 0.1) is 0 Å². The third-order valence-electron chi connectivity index (χ3n) is 3.95. The highest BCUT2D eigenvalue weighted by molar-refractivity contribution is 5.07. The minimum Gasteiger partial charge on any atom is -0.386 e. The van der Waals surface area contributed by atoms with Gasteiger partial charge in [0.1, 0.15) is 30.5 Å². The molecule has 3 aliphatic heterocycles. The molecule has 0 unspecified atom stereocenters. The van der Waals surface area contributed by atoms with E-state index < -0.39 is 36.7 Å². The average molecular weight is 302 g/mol. The van der Waals surface area contributed by atoms with Gasteiger partial charge < -0.3 is 33.5 Å². The minimum absolute atomic E-state index is 0.349. The SMILES string of the molecule is CO[C@@H]1C=C[C@@H](O)[C@H]([C@H]2O[C@@H]3OC(C)(C)O[C@@H]3[C@H]2OC)O1.